The highest BCUT2D eigenvalue weighted by Gasteiger charge is 2.32. The number of carbonyl (C=O) groups excluding carboxylic acids is 2. The maximum Gasteiger partial charge on any atom is 0.234 e. The number of benzene rings is 1. The van der Waals surface area contributed by atoms with E-state index in [-0.39, 0.29) is 23.9 Å². The summed E-state index contributed by atoms with van der Waals surface area (Å²) in [5.74, 6) is -3.42. The number of piperidine rings is 1. The zero-order valence-corrected chi connectivity index (χ0v) is 9.22. The summed E-state index contributed by atoms with van der Waals surface area (Å²) >= 11 is 0. The van der Waals surface area contributed by atoms with Gasteiger partial charge in [0.05, 0.1) is 5.92 Å². The molecule has 3 nitrogen and oxygen atoms in total. The highest BCUT2D eigenvalue weighted by molar-refractivity contribution is 6.32. The Bertz CT molecular complexity index is 504. The van der Waals surface area contributed by atoms with Gasteiger partial charge in [0.15, 0.2) is 0 Å². The normalized spacial score (nSPS) is 20.2. The molecule has 1 saturated heterocycles. The number of hydrogen-bond donors (Lipinski definition) is 1. The summed E-state index contributed by atoms with van der Waals surface area (Å²) in [5.41, 5.74) is 0.0427. The van der Waals surface area contributed by atoms with Gasteiger partial charge >= 0.3 is 0 Å². The molecular formula is C11H10BF2NO2. The van der Waals surface area contributed by atoms with E-state index in [0.717, 1.165) is 6.07 Å². The minimum atomic E-state index is -0.924. The van der Waals surface area contributed by atoms with E-state index in [0.29, 0.717) is 0 Å². The molecule has 0 bridgehead atoms. The monoisotopic (exact) mass is 237 g/mol. The van der Waals surface area contributed by atoms with Gasteiger partial charge < -0.3 is 0 Å². The Morgan fingerprint density at radius 3 is 2.65 bits per heavy atom. The van der Waals surface area contributed by atoms with Crippen LogP contribution >= 0.6 is 0 Å². The van der Waals surface area contributed by atoms with Crippen molar-refractivity contribution in [3.8, 4) is 0 Å². The Morgan fingerprint density at radius 2 is 2.00 bits per heavy atom. The van der Waals surface area contributed by atoms with E-state index in [4.69, 9.17) is 0 Å². The molecule has 2 rings (SSSR count). The molecule has 1 N–H and O–H groups in total. The van der Waals surface area contributed by atoms with Gasteiger partial charge in [-0.15, -0.1) is 0 Å². The fourth-order valence-electron chi connectivity index (χ4n) is 1.97. The quantitative estimate of drug-likeness (QED) is 0.540. The minimum absolute atomic E-state index is 0.100. The van der Waals surface area contributed by atoms with Crippen LogP contribution in [0.15, 0.2) is 12.1 Å². The van der Waals surface area contributed by atoms with Gasteiger partial charge in [0.2, 0.25) is 11.8 Å². The number of halogens is 2. The van der Waals surface area contributed by atoms with Gasteiger partial charge in [-0.05, 0) is 12.5 Å². The molecule has 1 aliphatic heterocycles. The van der Waals surface area contributed by atoms with Crippen molar-refractivity contribution in [2.45, 2.75) is 18.8 Å². The summed E-state index contributed by atoms with van der Waals surface area (Å²) < 4.78 is 27.4. The van der Waals surface area contributed by atoms with Crippen molar-refractivity contribution in [2.24, 2.45) is 0 Å². The van der Waals surface area contributed by atoms with Crippen LogP contribution in [-0.2, 0) is 9.59 Å². The minimum Gasteiger partial charge on any atom is -0.296 e. The molecular weight excluding hydrogens is 227 g/mol. The summed E-state index contributed by atoms with van der Waals surface area (Å²) in [6, 6.07) is 2.46. The second-order valence-corrected chi connectivity index (χ2v) is 4.10. The first-order chi connectivity index (χ1) is 8.00. The van der Waals surface area contributed by atoms with Crippen molar-refractivity contribution in [3.63, 3.8) is 0 Å². The molecule has 2 amide bonds. The summed E-state index contributed by atoms with van der Waals surface area (Å²) in [6.45, 7) is 0. The van der Waals surface area contributed by atoms with E-state index >= 15 is 0 Å². The van der Waals surface area contributed by atoms with Crippen LogP contribution in [0.5, 0.6) is 0 Å². The number of rotatable bonds is 1. The molecule has 1 atom stereocenters. The first-order valence-corrected chi connectivity index (χ1v) is 5.29. The van der Waals surface area contributed by atoms with Gasteiger partial charge in [0, 0.05) is 12.0 Å². The highest BCUT2D eigenvalue weighted by atomic mass is 19.1. The van der Waals surface area contributed by atoms with Crippen LogP contribution in [0.2, 0.25) is 0 Å². The van der Waals surface area contributed by atoms with Crippen molar-refractivity contribution >= 4 is 25.1 Å². The van der Waals surface area contributed by atoms with Gasteiger partial charge in [-0.2, -0.15) is 0 Å². The summed E-state index contributed by atoms with van der Waals surface area (Å²) in [5, 5.41) is 2.09. The van der Waals surface area contributed by atoms with Crippen molar-refractivity contribution in [2.75, 3.05) is 0 Å². The largest absolute Gasteiger partial charge is 0.296 e. The molecule has 1 heterocycles. The molecule has 1 unspecified atom stereocenters. The van der Waals surface area contributed by atoms with Crippen LogP contribution in [-0.4, -0.2) is 19.7 Å². The first kappa shape index (κ1) is 11.8. The third kappa shape index (κ3) is 2.07. The lowest BCUT2D eigenvalue weighted by Gasteiger charge is -2.22. The van der Waals surface area contributed by atoms with Gasteiger partial charge in [0.1, 0.15) is 19.5 Å². The van der Waals surface area contributed by atoms with E-state index in [1.54, 1.807) is 0 Å². The van der Waals surface area contributed by atoms with Crippen LogP contribution < -0.4 is 10.8 Å². The molecule has 0 aromatic heterocycles. The maximum atomic E-state index is 13.8. The number of carbonyl (C=O) groups is 2. The van der Waals surface area contributed by atoms with E-state index in [1.165, 1.54) is 13.9 Å². The number of hydrogen-bond acceptors (Lipinski definition) is 2. The molecule has 1 aromatic carbocycles. The molecule has 88 valence electrons. The molecule has 6 heteroatoms. The lowest BCUT2D eigenvalue weighted by Crippen LogP contribution is -2.40. The maximum absolute atomic E-state index is 13.8. The zero-order valence-electron chi connectivity index (χ0n) is 9.22. The Labute approximate surface area is 97.6 Å². The molecule has 0 aliphatic carbocycles. The zero-order chi connectivity index (χ0) is 12.6. The second kappa shape index (κ2) is 4.27. The Hall–Kier alpha value is -1.72. The van der Waals surface area contributed by atoms with Crippen LogP contribution in [0.4, 0.5) is 8.78 Å². The average Bonchev–Trinajstić information content (AvgIpc) is 2.27. The molecule has 1 fully saturated rings. The first-order valence-electron chi connectivity index (χ1n) is 5.29. The third-order valence-corrected chi connectivity index (χ3v) is 2.91. The van der Waals surface area contributed by atoms with E-state index in [1.807, 2.05) is 0 Å². The number of imide groups is 1. The predicted molar refractivity (Wildman–Crippen MR) is 59.7 cm³/mol. The van der Waals surface area contributed by atoms with Crippen molar-refractivity contribution < 1.29 is 18.4 Å². The van der Waals surface area contributed by atoms with Crippen LogP contribution in [0.3, 0.4) is 0 Å². The van der Waals surface area contributed by atoms with Gasteiger partial charge in [-0.25, -0.2) is 8.78 Å². The molecule has 1 aliphatic rings. The fourth-order valence-corrected chi connectivity index (χ4v) is 1.97. The smallest absolute Gasteiger partial charge is 0.234 e. The number of amides is 2. The molecule has 17 heavy (non-hydrogen) atoms. The molecule has 0 saturated carbocycles. The molecule has 0 radical (unpaired) electrons. The Kier molecular flexibility index (Phi) is 2.96. The Balaban J connectivity index is 2.44. The van der Waals surface area contributed by atoms with Crippen molar-refractivity contribution in [1.29, 1.82) is 0 Å². The summed E-state index contributed by atoms with van der Waals surface area (Å²) in [4.78, 5) is 22.5. The van der Waals surface area contributed by atoms with Gasteiger partial charge in [-0.1, -0.05) is 11.5 Å². The molecule has 0 spiro atoms. The van der Waals surface area contributed by atoms with E-state index < -0.39 is 29.4 Å². The number of nitrogens with one attached hydrogen (secondary N) is 1. The standard InChI is InChI=1S/C11H10BF2NO2/c12-6-2-3-7(13)9(10(6)14)5-1-4-8(16)15-11(5)17/h2-3,5H,1,4,12H2,(H,15,16,17). The lowest BCUT2D eigenvalue weighted by atomic mass is 9.85. The predicted octanol–water partition coefficient (Wildman–Crippen LogP) is -0.257. The molecule has 1 aromatic rings. The average molecular weight is 237 g/mol. The topological polar surface area (TPSA) is 46.2 Å². The van der Waals surface area contributed by atoms with Gasteiger partial charge in [-0.3, -0.25) is 14.9 Å². The van der Waals surface area contributed by atoms with E-state index in [2.05, 4.69) is 5.32 Å². The summed E-state index contributed by atoms with van der Waals surface area (Å²) in [6.07, 6.45) is 0.241. The van der Waals surface area contributed by atoms with E-state index in [9.17, 15) is 18.4 Å². The second-order valence-electron chi connectivity index (χ2n) is 4.10. The summed E-state index contributed by atoms with van der Waals surface area (Å²) in [7, 11) is 1.50. The third-order valence-electron chi connectivity index (χ3n) is 2.91. The van der Waals surface area contributed by atoms with Crippen LogP contribution in [0.25, 0.3) is 0 Å². The lowest BCUT2D eigenvalue weighted by molar-refractivity contribution is -0.134. The fraction of sp³-hybridized carbons (Fsp3) is 0.273. The van der Waals surface area contributed by atoms with Crippen LogP contribution in [0, 0.1) is 11.6 Å². The van der Waals surface area contributed by atoms with Crippen molar-refractivity contribution in [1.82, 2.24) is 5.32 Å². The van der Waals surface area contributed by atoms with Crippen molar-refractivity contribution in [3.05, 3.63) is 29.3 Å². The highest BCUT2D eigenvalue weighted by Crippen LogP contribution is 2.28. The SMILES string of the molecule is Bc1ccc(F)c(C2CCC(=O)NC2=O)c1F. The van der Waals surface area contributed by atoms with Gasteiger partial charge in [0.25, 0.3) is 0 Å². The Morgan fingerprint density at radius 1 is 1.29 bits per heavy atom. The van der Waals surface area contributed by atoms with Crippen LogP contribution in [0.1, 0.15) is 24.3 Å².